The molecule has 0 aliphatic rings. The van der Waals surface area contributed by atoms with Crippen molar-refractivity contribution in [3.63, 3.8) is 0 Å². The van der Waals surface area contributed by atoms with Crippen LogP contribution in [0.3, 0.4) is 0 Å². The van der Waals surface area contributed by atoms with Crippen LogP contribution in [0.5, 0.6) is 17.4 Å². The van der Waals surface area contributed by atoms with Crippen LogP contribution < -0.4 is 14.8 Å². The summed E-state index contributed by atoms with van der Waals surface area (Å²) in [5, 5.41) is 3.86. The molecule has 0 aliphatic carbocycles. The maximum atomic E-state index is 6.09. The highest BCUT2D eigenvalue weighted by Gasteiger charge is 2.11. The van der Waals surface area contributed by atoms with Gasteiger partial charge in [0.15, 0.2) is 0 Å². The molecule has 20 heavy (non-hydrogen) atoms. The van der Waals surface area contributed by atoms with Crippen molar-refractivity contribution in [2.75, 3.05) is 19.0 Å². The smallest absolute Gasteiger partial charge is 0.240 e. The van der Waals surface area contributed by atoms with E-state index >= 15 is 0 Å². The third kappa shape index (κ3) is 3.46. The van der Waals surface area contributed by atoms with E-state index in [1.165, 1.54) is 0 Å². The number of benzene rings is 1. The minimum Gasteiger partial charge on any atom is -0.497 e. The Kier molecular flexibility index (Phi) is 4.93. The van der Waals surface area contributed by atoms with E-state index in [0.29, 0.717) is 34.0 Å². The molecule has 1 heterocycles. The highest BCUT2D eigenvalue weighted by atomic mass is 35.5. The molecule has 0 spiro atoms. The zero-order chi connectivity index (χ0) is 14.5. The lowest BCUT2D eigenvalue weighted by atomic mass is 10.3. The molecule has 0 saturated carbocycles. The number of hydrogen-bond acceptors (Lipinski definition) is 4. The van der Waals surface area contributed by atoms with Gasteiger partial charge in [-0.3, -0.25) is 0 Å². The first-order valence-corrected chi connectivity index (χ1v) is 6.81. The molecule has 0 atom stereocenters. The standard InChI is InChI=1S/C14H14Cl2N2O2/c1-3-17-13-11(15)8-12(16)14(18-13)20-10-6-4-9(19-2)5-7-10/h4-8H,3H2,1-2H3,(H,17,18). The fourth-order valence-corrected chi connectivity index (χ4v) is 2.03. The lowest BCUT2D eigenvalue weighted by Crippen LogP contribution is -2.01. The fourth-order valence-electron chi connectivity index (χ4n) is 1.57. The van der Waals surface area contributed by atoms with Gasteiger partial charge in [0.25, 0.3) is 0 Å². The van der Waals surface area contributed by atoms with Crippen LogP contribution in [-0.4, -0.2) is 18.6 Å². The molecule has 106 valence electrons. The van der Waals surface area contributed by atoms with Gasteiger partial charge in [-0.05, 0) is 37.3 Å². The van der Waals surface area contributed by atoms with Crippen LogP contribution in [0.4, 0.5) is 5.82 Å². The van der Waals surface area contributed by atoms with Gasteiger partial charge < -0.3 is 14.8 Å². The van der Waals surface area contributed by atoms with Crippen molar-refractivity contribution in [2.45, 2.75) is 6.92 Å². The van der Waals surface area contributed by atoms with Crippen LogP contribution in [0.2, 0.25) is 10.0 Å². The first-order valence-electron chi connectivity index (χ1n) is 6.06. The normalized spacial score (nSPS) is 10.2. The monoisotopic (exact) mass is 312 g/mol. The van der Waals surface area contributed by atoms with Crippen molar-refractivity contribution in [3.8, 4) is 17.4 Å². The molecule has 0 amide bonds. The quantitative estimate of drug-likeness (QED) is 0.874. The molecule has 0 unspecified atom stereocenters. The molecule has 0 bridgehead atoms. The zero-order valence-corrected chi connectivity index (χ0v) is 12.6. The molecule has 1 aromatic carbocycles. The lowest BCUT2D eigenvalue weighted by Gasteiger charge is -2.11. The molecule has 2 aromatic rings. The summed E-state index contributed by atoms with van der Waals surface area (Å²) in [6.07, 6.45) is 0. The van der Waals surface area contributed by atoms with Gasteiger partial charge in [0.2, 0.25) is 5.88 Å². The Morgan fingerprint density at radius 3 is 2.35 bits per heavy atom. The summed E-state index contributed by atoms with van der Waals surface area (Å²) in [4.78, 5) is 4.27. The van der Waals surface area contributed by atoms with Crippen molar-refractivity contribution in [2.24, 2.45) is 0 Å². The molecule has 2 rings (SSSR count). The van der Waals surface area contributed by atoms with Gasteiger partial charge in [-0.1, -0.05) is 23.2 Å². The van der Waals surface area contributed by atoms with Crippen LogP contribution in [0.25, 0.3) is 0 Å². The summed E-state index contributed by atoms with van der Waals surface area (Å²) in [5.74, 6) is 2.21. The van der Waals surface area contributed by atoms with Gasteiger partial charge in [-0.2, -0.15) is 4.98 Å². The molecule has 6 heteroatoms. The van der Waals surface area contributed by atoms with Gasteiger partial charge >= 0.3 is 0 Å². The Hall–Kier alpha value is -1.65. The highest BCUT2D eigenvalue weighted by Crippen LogP contribution is 2.33. The maximum Gasteiger partial charge on any atom is 0.240 e. The number of ether oxygens (including phenoxy) is 2. The third-order valence-electron chi connectivity index (χ3n) is 2.52. The van der Waals surface area contributed by atoms with Crippen molar-refractivity contribution >= 4 is 29.0 Å². The minimum atomic E-state index is 0.303. The summed E-state index contributed by atoms with van der Waals surface area (Å²) in [6.45, 7) is 2.66. The van der Waals surface area contributed by atoms with Crippen LogP contribution in [0, 0.1) is 0 Å². The summed E-state index contributed by atoms with van der Waals surface area (Å²) >= 11 is 12.1. The number of halogens is 2. The number of anilines is 1. The number of nitrogens with one attached hydrogen (secondary N) is 1. The zero-order valence-electron chi connectivity index (χ0n) is 11.1. The van der Waals surface area contributed by atoms with Gasteiger partial charge in [0, 0.05) is 6.54 Å². The van der Waals surface area contributed by atoms with Gasteiger partial charge in [-0.15, -0.1) is 0 Å². The van der Waals surface area contributed by atoms with E-state index in [9.17, 15) is 0 Å². The number of aromatic nitrogens is 1. The fraction of sp³-hybridized carbons (Fsp3) is 0.214. The Morgan fingerprint density at radius 2 is 1.75 bits per heavy atom. The first kappa shape index (κ1) is 14.8. The summed E-state index contributed by atoms with van der Waals surface area (Å²) in [7, 11) is 1.61. The second-order valence-corrected chi connectivity index (χ2v) is 4.73. The minimum absolute atomic E-state index is 0.303. The predicted molar refractivity (Wildman–Crippen MR) is 81.5 cm³/mol. The summed E-state index contributed by atoms with van der Waals surface area (Å²) in [5.41, 5.74) is 0. The summed E-state index contributed by atoms with van der Waals surface area (Å²) in [6, 6.07) is 8.75. The molecule has 0 fully saturated rings. The SMILES string of the molecule is CCNc1nc(Oc2ccc(OC)cc2)c(Cl)cc1Cl. The number of pyridine rings is 1. The Bertz CT molecular complexity index is 588. The molecule has 0 saturated heterocycles. The van der Waals surface area contributed by atoms with E-state index in [-0.39, 0.29) is 0 Å². The van der Waals surface area contributed by atoms with Crippen molar-refractivity contribution < 1.29 is 9.47 Å². The lowest BCUT2D eigenvalue weighted by molar-refractivity contribution is 0.412. The summed E-state index contributed by atoms with van der Waals surface area (Å²) < 4.78 is 10.7. The molecule has 0 radical (unpaired) electrons. The number of rotatable bonds is 5. The average molecular weight is 313 g/mol. The number of nitrogens with zero attached hydrogens (tertiary/aromatic N) is 1. The Balaban J connectivity index is 2.25. The molecule has 0 aliphatic heterocycles. The van der Waals surface area contributed by atoms with Gasteiger partial charge in [-0.25, -0.2) is 0 Å². The Labute approximate surface area is 127 Å². The number of methoxy groups -OCH3 is 1. The third-order valence-corrected chi connectivity index (χ3v) is 3.07. The predicted octanol–water partition coefficient (Wildman–Crippen LogP) is 4.62. The van der Waals surface area contributed by atoms with Crippen LogP contribution in [0.15, 0.2) is 30.3 Å². The van der Waals surface area contributed by atoms with E-state index in [2.05, 4.69) is 10.3 Å². The van der Waals surface area contributed by atoms with Crippen LogP contribution >= 0.6 is 23.2 Å². The number of hydrogen-bond donors (Lipinski definition) is 1. The van der Waals surface area contributed by atoms with E-state index in [4.69, 9.17) is 32.7 Å². The van der Waals surface area contributed by atoms with Crippen molar-refractivity contribution in [1.82, 2.24) is 4.98 Å². The van der Waals surface area contributed by atoms with Crippen molar-refractivity contribution in [3.05, 3.63) is 40.4 Å². The van der Waals surface area contributed by atoms with Crippen LogP contribution in [0.1, 0.15) is 6.92 Å². The maximum absolute atomic E-state index is 6.09. The Morgan fingerprint density at radius 1 is 1.10 bits per heavy atom. The molecule has 4 nitrogen and oxygen atoms in total. The van der Waals surface area contributed by atoms with Gasteiger partial charge in [0.05, 0.1) is 12.1 Å². The average Bonchev–Trinajstić information content (AvgIpc) is 2.45. The highest BCUT2D eigenvalue weighted by molar-refractivity contribution is 6.36. The molecule has 1 aromatic heterocycles. The van der Waals surface area contributed by atoms with E-state index in [0.717, 1.165) is 5.75 Å². The van der Waals surface area contributed by atoms with E-state index in [1.54, 1.807) is 37.4 Å². The van der Waals surface area contributed by atoms with Crippen molar-refractivity contribution in [1.29, 1.82) is 0 Å². The van der Waals surface area contributed by atoms with Crippen LogP contribution in [-0.2, 0) is 0 Å². The topological polar surface area (TPSA) is 43.4 Å². The van der Waals surface area contributed by atoms with E-state index < -0.39 is 0 Å². The molecular weight excluding hydrogens is 299 g/mol. The molecular formula is C14H14Cl2N2O2. The molecule has 1 N–H and O–H groups in total. The second kappa shape index (κ2) is 6.68. The first-order chi connectivity index (χ1) is 9.63. The van der Waals surface area contributed by atoms with E-state index in [1.807, 2.05) is 6.92 Å². The largest absolute Gasteiger partial charge is 0.497 e. The van der Waals surface area contributed by atoms with Gasteiger partial charge in [0.1, 0.15) is 22.3 Å². The second-order valence-electron chi connectivity index (χ2n) is 3.91.